The Bertz CT molecular complexity index is 2100. The summed E-state index contributed by atoms with van der Waals surface area (Å²) >= 11 is 0. The molecule has 2 saturated heterocycles. The number of carbonyl (C=O) groups excluding carboxylic acids is 8. The number of fused-ring (bicyclic) bond motifs is 1. The Hall–Kier alpha value is -5.98. The van der Waals surface area contributed by atoms with E-state index in [4.69, 9.17) is 24.7 Å². The maximum Gasteiger partial charge on any atom is 0.407 e. The highest BCUT2D eigenvalue weighted by atomic mass is 16.8. The molecular formula is C50H68N6O12. The van der Waals surface area contributed by atoms with Gasteiger partial charge in [-0.25, -0.2) is 9.59 Å². The van der Waals surface area contributed by atoms with Crippen LogP contribution in [0, 0.1) is 5.92 Å². The number of urea groups is 1. The first-order valence-electron chi connectivity index (χ1n) is 23.5. The van der Waals surface area contributed by atoms with Gasteiger partial charge in [-0.05, 0) is 89.8 Å². The zero-order valence-corrected chi connectivity index (χ0v) is 39.8. The minimum Gasteiger partial charge on any atom is -0.444 e. The molecule has 2 aromatic carbocycles. The molecule has 3 aliphatic heterocycles. The second-order valence-corrected chi connectivity index (χ2v) is 19.0. The first-order chi connectivity index (χ1) is 32.2. The summed E-state index contributed by atoms with van der Waals surface area (Å²) in [5.74, 6) is -3.67. The molecule has 0 aliphatic carbocycles. The lowest BCUT2D eigenvalue weighted by Gasteiger charge is -2.25. The molecule has 2 aromatic rings. The van der Waals surface area contributed by atoms with Crippen LogP contribution in [0.5, 0.6) is 0 Å². The van der Waals surface area contributed by atoms with Gasteiger partial charge in [-0.2, -0.15) is 0 Å². The molecule has 18 heteroatoms. The van der Waals surface area contributed by atoms with Crippen molar-refractivity contribution in [2.75, 3.05) is 26.2 Å². The first-order valence-corrected chi connectivity index (χ1v) is 23.5. The number of unbranched alkanes of at least 4 members (excludes halogenated alkanes) is 2. The Morgan fingerprint density at radius 2 is 1.46 bits per heavy atom. The fraction of sp³-hybridized carbons (Fsp3) is 0.560. The van der Waals surface area contributed by atoms with Crippen molar-refractivity contribution >= 4 is 47.3 Å². The second kappa shape index (κ2) is 24.9. The number of amides is 7. The Balaban J connectivity index is 1.18. The van der Waals surface area contributed by atoms with Crippen LogP contribution in [0.1, 0.15) is 103 Å². The van der Waals surface area contributed by atoms with Gasteiger partial charge in [0, 0.05) is 69.9 Å². The minimum atomic E-state index is -0.969. The molecule has 370 valence electrons. The number of ether oxygens (including phenoxy) is 4. The van der Waals surface area contributed by atoms with Crippen LogP contribution in [-0.4, -0.2) is 120 Å². The molecule has 0 bridgehead atoms. The number of benzene rings is 2. The summed E-state index contributed by atoms with van der Waals surface area (Å²) in [5.41, 5.74) is 7.15. The van der Waals surface area contributed by atoms with Crippen LogP contribution < -0.4 is 27.0 Å². The number of primary amides is 1. The lowest BCUT2D eigenvalue weighted by atomic mass is 9.90. The van der Waals surface area contributed by atoms with E-state index in [9.17, 15) is 38.4 Å². The highest BCUT2D eigenvalue weighted by Gasteiger charge is 2.55. The molecule has 7 amide bonds. The molecule has 3 aliphatic rings. The quantitative estimate of drug-likeness (QED) is 0.0666. The van der Waals surface area contributed by atoms with Crippen molar-refractivity contribution in [2.24, 2.45) is 11.7 Å². The summed E-state index contributed by atoms with van der Waals surface area (Å²) in [7, 11) is 0. The highest BCUT2D eigenvalue weighted by Crippen LogP contribution is 2.40. The minimum absolute atomic E-state index is 0.0117. The number of nitrogens with two attached hydrogens (primary N) is 1. The van der Waals surface area contributed by atoms with Crippen LogP contribution in [-0.2, 0) is 67.0 Å². The molecule has 0 spiro atoms. The molecule has 0 radical (unpaired) electrons. The van der Waals surface area contributed by atoms with Gasteiger partial charge in [0.25, 0.3) is 11.8 Å². The van der Waals surface area contributed by atoms with E-state index in [0.717, 1.165) is 16.7 Å². The third-order valence-electron chi connectivity index (χ3n) is 11.7. The molecule has 2 fully saturated rings. The van der Waals surface area contributed by atoms with E-state index < -0.39 is 65.8 Å². The van der Waals surface area contributed by atoms with Crippen LogP contribution in [0.15, 0.2) is 66.7 Å². The number of Topliss-reactive ketones (excluding diaryl/α,β-unsaturated/α-hetero) is 2. The van der Waals surface area contributed by atoms with Crippen LogP contribution in [0.2, 0.25) is 0 Å². The first kappa shape index (κ1) is 53.0. The number of ketones is 2. The Morgan fingerprint density at radius 3 is 2.12 bits per heavy atom. The van der Waals surface area contributed by atoms with Gasteiger partial charge in [-0.3, -0.25) is 33.7 Å². The molecular weight excluding hydrogens is 877 g/mol. The fourth-order valence-electron chi connectivity index (χ4n) is 8.42. The van der Waals surface area contributed by atoms with E-state index in [2.05, 4.69) is 21.3 Å². The van der Waals surface area contributed by atoms with E-state index >= 15 is 0 Å². The van der Waals surface area contributed by atoms with Crippen LogP contribution in [0.3, 0.4) is 0 Å². The standard InChI is InChI=1S/C50H68N6O12/c1-49(2,3)68-48(64)53-25-23-32-17-19-34(20-18-32)28-38(58)37(15-12-24-52-47(51)63)55-46(62)35(27-33-13-8-6-9-14-33)29-36(57)30-39-44-45(67-50(4,5)66-44)40(65-39)31-54-41(59)16-10-7-11-26-56-42(60)21-22-43(56)61/h6,8-9,13-14,17-22,35,37,39-40,44-45H,7,10-12,15-16,23-31H2,1-5H3,(H,53,64)(H,54,59)(H,55,62)(H3,51,52,63)/t35-,37+,39-,40+,44?,45?/m0/s1. The average molecular weight is 945 g/mol. The van der Waals surface area contributed by atoms with Crippen molar-refractivity contribution < 1.29 is 57.3 Å². The van der Waals surface area contributed by atoms with E-state index in [-0.39, 0.29) is 80.9 Å². The van der Waals surface area contributed by atoms with Crippen molar-refractivity contribution in [1.29, 1.82) is 0 Å². The van der Waals surface area contributed by atoms with Crippen molar-refractivity contribution in [2.45, 2.75) is 147 Å². The van der Waals surface area contributed by atoms with Gasteiger partial charge in [-0.15, -0.1) is 0 Å². The zero-order valence-electron chi connectivity index (χ0n) is 39.8. The molecule has 5 rings (SSSR count). The van der Waals surface area contributed by atoms with Crippen molar-refractivity contribution in [3.05, 3.63) is 83.4 Å². The molecule has 18 nitrogen and oxygen atoms in total. The number of nitrogens with one attached hydrogen (secondary N) is 4. The van der Waals surface area contributed by atoms with Crippen LogP contribution >= 0.6 is 0 Å². The number of nitrogens with zero attached hydrogens (tertiary/aromatic N) is 1. The Labute approximate surface area is 398 Å². The van der Waals surface area contributed by atoms with E-state index in [1.54, 1.807) is 34.6 Å². The van der Waals surface area contributed by atoms with Crippen molar-refractivity contribution in [1.82, 2.24) is 26.2 Å². The lowest BCUT2D eigenvalue weighted by molar-refractivity contribution is -0.187. The molecule has 3 heterocycles. The third kappa shape index (κ3) is 17.3. The predicted octanol–water partition coefficient (Wildman–Crippen LogP) is 3.90. The van der Waals surface area contributed by atoms with Gasteiger partial charge in [0.15, 0.2) is 11.6 Å². The Kier molecular flexibility index (Phi) is 19.4. The number of hydrogen-bond acceptors (Lipinski definition) is 12. The van der Waals surface area contributed by atoms with E-state index in [0.29, 0.717) is 45.2 Å². The normalized spacial score (nSPS) is 20.3. The van der Waals surface area contributed by atoms with Crippen LogP contribution in [0.4, 0.5) is 9.59 Å². The maximum absolute atomic E-state index is 14.3. The summed E-state index contributed by atoms with van der Waals surface area (Å²) in [6, 6.07) is 15.0. The molecule has 0 aromatic heterocycles. The van der Waals surface area contributed by atoms with Gasteiger partial charge in [0.2, 0.25) is 11.8 Å². The molecule has 6 atom stereocenters. The van der Waals surface area contributed by atoms with Gasteiger partial charge in [0.1, 0.15) is 29.7 Å². The summed E-state index contributed by atoms with van der Waals surface area (Å²) in [4.78, 5) is 103. The Morgan fingerprint density at radius 1 is 0.794 bits per heavy atom. The summed E-state index contributed by atoms with van der Waals surface area (Å²) in [5, 5.41) is 11.1. The summed E-state index contributed by atoms with van der Waals surface area (Å²) in [6.07, 6.45) is 2.58. The predicted molar refractivity (Wildman–Crippen MR) is 250 cm³/mol. The van der Waals surface area contributed by atoms with Crippen molar-refractivity contribution in [3.63, 3.8) is 0 Å². The maximum atomic E-state index is 14.3. The number of alkyl carbamates (subject to hydrolysis) is 1. The van der Waals surface area contributed by atoms with Crippen molar-refractivity contribution in [3.8, 4) is 0 Å². The second-order valence-electron chi connectivity index (χ2n) is 19.0. The van der Waals surface area contributed by atoms with E-state index in [1.807, 2.05) is 54.6 Å². The SMILES string of the molecule is CC(C)(C)OC(=O)NCCc1ccc(CC(=O)[C@@H](CCCNC(N)=O)NC(=O)[C@H](CC(=O)C[C@@H]2O[C@H](CNC(=O)CCCCCN3C(=O)C=CC3=O)C3OC(C)(C)OC32)Cc2ccccc2)cc1. The molecule has 68 heavy (non-hydrogen) atoms. The smallest absolute Gasteiger partial charge is 0.407 e. The monoisotopic (exact) mass is 944 g/mol. The fourth-order valence-corrected chi connectivity index (χ4v) is 8.42. The molecule has 0 saturated carbocycles. The molecule has 2 unspecified atom stereocenters. The number of rotatable bonds is 26. The van der Waals surface area contributed by atoms with E-state index in [1.165, 1.54) is 17.1 Å². The number of imide groups is 1. The van der Waals surface area contributed by atoms with Gasteiger partial charge in [0.05, 0.1) is 12.1 Å². The van der Waals surface area contributed by atoms with Gasteiger partial charge in [-0.1, -0.05) is 61.0 Å². The molecule has 6 N–H and O–H groups in total. The van der Waals surface area contributed by atoms with Gasteiger partial charge < -0.3 is 45.9 Å². The number of hydrogen-bond donors (Lipinski definition) is 5. The average Bonchev–Trinajstić information content (AvgIpc) is 3.88. The van der Waals surface area contributed by atoms with Crippen LogP contribution in [0.25, 0.3) is 0 Å². The zero-order chi connectivity index (χ0) is 49.4. The highest BCUT2D eigenvalue weighted by molar-refractivity contribution is 6.12. The summed E-state index contributed by atoms with van der Waals surface area (Å²) < 4.78 is 24.0. The topological polar surface area (TPSA) is 251 Å². The van der Waals surface area contributed by atoms with Gasteiger partial charge >= 0.3 is 12.1 Å². The number of carbonyl (C=O) groups is 8. The largest absolute Gasteiger partial charge is 0.444 e. The summed E-state index contributed by atoms with van der Waals surface area (Å²) in [6.45, 7) is 9.87. The third-order valence-corrected chi connectivity index (χ3v) is 11.7. The lowest BCUT2D eigenvalue weighted by Crippen LogP contribution is -2.45.